The number of hydrogen-bond acceptors (Lipinski definition) is 4. The maximum absolute atomic E-state index is 9.78. The van der Waals surface area contributed by atoms with Gasteiger partial charge in [0.2, 0.25) is 0 Å². The predicted octanol–water partition coefficient (Wildman–Crippen LogP) is 1.40. The third-order valence-corrected chi connectivity index (χ3v) is 3.25. The molecule has 0 amide bonds. The molecule has 1 aromatic heterocycles. The summed E-state index contributed by atoms with van der Waals surface area (Å²) in [5, 5.41) is 17.7. The molecule has 0 saturated carbocycles. The van der Waals surface area contributed by atoms with Crippen LogP contribution in [0.2, 0.25) is 0 Å². The average molecular weight is 269 g/mol. The summed E-state index contributed by atoms with van der Waals surface area (Å²) < 4.78 is 7.00. The molecule has 110 valence electrons. The Bertz CT molecular complexity index is 394. The van der Waals surface area contributed by atoms with Gasteiger partial charge in [0.15, 0.2) is 0 Å². The fourth-order valence-electron chi connectivity index (χ4n) is 1.97. The Morgan fingerprint density at radius 3 is 2.63 bits per heavy atom. The van der Waals surface area contributed by atoms with Crippen LogP contribution in [0, 0.1) is 13.8 Å². The van der Waals surface area contributed by atoms with Crippen molar-refractivity contribution in [2.75, 3.05) is 20.3 Å². The highest BCUT2D eigenvalue weighted by molar-refractivity contribution is 5.24. The van der Waals surface area contributed by atoms with E-state index in [-0.39, 0.29) is 0 Å². The number of aromatic nitrogens is 2. The molecule has 0 unspecified atom stereocenters. The van der Waals surface area contributed by atoms with Gasteiger partial charge < -0.3 is 15.2 Å². The Morgan fingerprint density at radius 1 is 1.37 bits per heavy atom. The van der Waals surface area contributed by atoms with E-state index in [2.05, 4.69) is 17.3 Å². The maximum Gasteiger partial charge on any atom is 0.0641 e. The van der Waals surface area contributed by atoms with Gasteiger partial charge in [-0.05, 0) is 34.1 Å². The number of aryl methyl sites for hydroxylation is 2. The van der Waals surface area contributed by atoms with E-state index >= 15 is 0 Å². The molecule has 0 aliphatic rings. The molecule has 0 aliphatic heterocycles. The second-order valence-electron chi connectivity index (χ2n) is 5.60. The van der Waals surface area contributed by atoms with Crippen LogP contribution in [-0.4, -0.2) is 40.7 Å². The van der Waals surface area contributed by atoms with Crippen molar-refractivity contribution in [2.24, 2.45) is 0 Å². The summed E-state index contributed by atoms with van der Waals surface area (Å²) in [5.41, 5.74) is 2.82. The summed E-state index contributed by atoms with van der Waals surface area (Å²) in [4.78, 5) is 0. The van der Waals surface area contributed by atoms with E-state index in [0.717, 1.165) is 25.3 Å². The number of aliphatic hydroxyl groups is 1. The first-order valence-corrected chi connectivity index (χ1v) is 6.80. The van der Waals surface area contributed by atoms with Crippen LogP contribution < -0.4 is 5.32 Å². The molecule has 19 heavy (non-hydrogen) atoms. The molecular formula is C14H27N3O2. The molecule has 0 saturated heterocycles. The number of nitrogens with one attached hydrogen (secondary N) is 1. The normalized spacial score (nSPS) is 12.1. The van der Waals surface area contributed by atoms with E-state index in [1.807, 2.05) is 25.5 Å². The van der Waals surface area contributed by atoms with Crippen LogP contribution in [0.3, 0.4) is 0 Å². The molecule has 0 fully saturated rings. The smallest absolute Gasteiger partial charge is 0.0641 e. The van der Waals surface area contributed by atoms with Crippen LogP contribution in [0.4, 0.5) is 0 Å². The lowest BCUT2D eigenvalue weighted by Crippen LogP contribution is -2.22. The largest absolute Gasteiger partial charge is 0.390 e. The lowest BCUT2D eigenvalue weighted by molar-refractivity contribution is 0.0649. The third kappa shape index (κ3) is 5.30. The molecule has 0 aliphatic carbocycles. The van der Waals surface area contributed by atoms with Crippen molar-refractivity contribution in [3.8, 4) is 0 Å². The Balaban J connectivity index is 2.61. The zero-order chi connectivity index (χ0) is 14.5. The summed E-state index contributed by atoms with van der Waals surface area (Å²) >= 11 is 0. The van der Waals surface area contributed by atoms with Gasteiger partial charge >= 0.3 is 0 Å². The van der Waals surface area contributed by atoms with Crippen LogP contribution in [0.1, 0.15) is 37.2 Å². The predicted molar refractivity (Wildman–Crippen MR) is 76.2 cm³/mol. The molecule has 2 N–H and O–H groups in total. The van der Waals surface area contributed by atoms with Crippen LogP contribution in [0.25, 0.3) is 0 Å². The molecule has 5 heteroatoms. The topological polar surface area (TPSA) is 59.3 Å². The first kappa shape index (κ1) is 16.1. The van der Waals surface area contributed by atoms with Gasteiger partial charge in [-0.15, -0.1) is 0 Å². The molecule has 1 rings (SSSR count). The van der Waals surface area contributed by atoms with Crippen molar-refractivity contribution >= 4 is 0 Å². The molecule has 1 heterocycles. The van der Waals surface area contributed by atoms with E-state index in [4.69, 9.17) is 4.74 Å². The van der Waals surface area contributed by atoms with Gasteiger partial charge in [0, 0.05) is 38.0 Å². The van der Waals surface area contributed by atoms with E-state index in [0.29, 0.717) is 13.0 Å². The zero-order valence-electron chi connectivity index (χ0n) is 12.8. The fraction of sp³-hybridized carbons (Fsp3) is 0.786. The summed E-state index contributed by atoms with van der Waals surface area (Å²) in [6.07, 6.45) is 0.700. The van der Waals surface area contributed by atoms with Crippen LogP contribution in [0.5, 0.6) is 0 Å². The summed E-state index contributed by atoms with van der Waals surface area (Å²) in [6, 6.07) is 0. The number of methoxy groups -OCH3 is 1. The molecule has 5 nitrogen and oxygen atoms in total. The summed E-state index contributed by atoms with van der Waals surface area (Å²) in [5.74, 6) is 0. The lowest BCUT2D eigenvalue weighted by Gasteiger charge is -2.17. The highest BCUT2D eigenvalue weighted by Gasteiger charge is 2.15. The van der Waals surface area contributed by atoms with E-state index in [9.17, 15) is 5.11 Å². The Kier molecular flexibility index (Phi) is 5.97. The minimum Gasteiger partial charge on any atom is -0.390 e. The average Bonchev–Trinajstić information content (AvgIpc) is 2.58. The highest BCUT2D eigenvalue weighted by Crippen LogP contribution is 2.15. The number of rotatable bonds is 8. The van der Waals surface area contributed by atoms with Gasteiger partial charge in [0.05, 0.1) is 17.9 Å². The molecule has 0 radical (unpaired) electrons. The maximum atomic E-state index is 9.78. The van der Waals surface area contributed by atoms with Crippen LogP contribution >= 0.6 is 0 Å². The molecule has 0 atom stereocenters. The van der Waals surface area contributed by atoms with Gasteiger partial charge in [-0.3, -0.25) is 4.68 Å². The molecule has 0 aromatic carbocycles. The van der Waals surface area contributed by atoms with Crippen molar-refractivity contribution in [3.63, 3.8) is 0 Å². The van der Waals surface area contributed by atoms with E-state index in [1.165, 1.54) is 11.3 Å². The minimum absolute atomic E-state index is 0.650. The van der Waals surface area contributed by atoms with E-state index in [1.54, 1.807) is 7.11 Å². The molecular weight excluding hydrogens is 242 g/mol. The third-order valence-electron chi connectivity index (χ3n) is 3.25. The van der Waals surface area contributed by atoms with Gasteiger partial charge in [-0.2, -0.15) is 5.10 Å². The number of nitrogens with zero attached hydrogens (tertiary/aromatic N) is 2. The Labute approximate surface area is 116 Å². The standard InChI is InChI=1S/C14H27N3O2/c1-11-13(10-15-7-9-19-5)12(2)17(16-11)8-6-14(3,4)18/h15,18H,6-10H2,1-5H3. The van der Waals surface area contributed by atoms with Crippen molar-refractivity contribution in [1.29, 1.82) is 0 Å². The van der Waals surface area contributed by atoms with Crippen molar-refractivity contribution in [2.45, 2.75) is 52.8 Å². The Morgan fingerprint density at radius 2 is 2.05 bits per heavy atom. The lowest BCUT2D eigenvalue weighted by atomic mass is 10.1. The van der Waals surface area contributed by atoms with Gasteiger partial charge in [-0.1, -0.05) is 0 Å². The molecule has 1 aromatic rings. The number of hydrogen-bond donors (Lipinski definition) is 2. The monoisotopic (exact) mass is 269 g/mol. The zero-order valence-corrected chi connectivity index (χ0v) is 12.8. The minimum atomic E-state index is -0.650. The van der Waals surface area contributed by atoms with Crippen molar-refractivity contribution in [3.05, 3.63) is 17.0 Å². The SMILES string of the molecule is COCCNCc1c(C)nn(CCC(C)(C)O)c1C. The highest BCUT2D eigenvalue weighted by atomic mass is 16.5. The van der Waals surface area contributed by atoms with Gasteiger partial charge in [0.25, 0.3) is 0 Å². The van der Waals surface area contributed by atoms with Crippen LogP contribution in [0.15, 0.2) is 0 Å². The molecule has 0 bridgehead atoms. The second-order valence-corrected chi connectivity index (χ2v) is 5.60. The first-order valence-electron chi connectivity index (χ1n) is 6.80. The first-order chi connectivity index (χ1) is 8.85. The second kappa shape index (κ2) is 7.03. The number of ether oxygens (including phenoxy) is 1. The van der Waals surface area contributed by atoms with Crippen molar-refractivity contribution < 1.29 is 9.84 Å². The van der Waals surface area contributed by atoms with Gasteiger partial charge in [0.1, 0.15) is 0 Å². The van der Waals surface area contributed by atoms with Crippen LogP contribution in [-0.2, 0) is 17.8 Å². The van der Waals surface area contributed by atoms with Crippen molar-refractivity contribution in [1.82, 2.24) is 15.1 Å². The molecule has 0 spiro atoms. The summed E-state index contributed by atoms with van der Waals surface area (Å²) in [6.45, 7) is 10.9. The van der Waals surface area contributed by atoms with Gasteiger partial charge in [-0.25, -0.2) is 0 Å². The fourth-order valence-corrected chi connectivity index (χ4v) is 1.97. The summed E-state index contributed by atoms with van der Waals surface area (Å²) in [7, 11) is 1.70. The Hall–Kier alpha value is -0.910. The quantitative estimate of drug-likeness (QED) is 0.700. The van der Waals surface area contributed by atoms with E-state index < -0.39 is 5.60 Å².